The first-order valence-electron chi connectivity index (χ1n) is 9.84. The van der Waals surface area contributed by atoms with E-state index in [0.29, 0.717) is 5.69 Å². The lowest BCUT2D eigenvalue weighted by molar-refractivity contribution is 0.0939. The maximum Gasteiger partial charge on any atom is 0.263 e. The van der Waals surface area contributed by atoms with Crippen molar-refractivity contribution in [3.05, 3.63) is 93.5 Å². The lowest BCUT2D eigenvalue weighted by atomic mass is 10.1. The molecule has 0 aliphatic rings. The van der Waals surface area contributed by atoms with E-state index in [1.165, 1.54) is 18.2 Å². The second-order valence-electron chi connectivity index (χ2n) is 7.67. The number of aryl methyl sites for hydroxylation is 3. The van der Waals surface area contributed by atoms with E-state index in [0.717, 1.165) is 22.3 Å². The molecule has 1 atom stereocenters. The Labute approximate surface area is 188 Å². The number of anilines is 1. The first-order chi connectivity index (χ1) is 14.6. The lowest BCUT2D eigenvalue weighted by Gasteiger charge is -2.16. The molecule has 5 nitrogen and oxygen atoms in total. The van der Waals surface area contributed by atoms with Gasteiger partial charge in [0.2, 0.25) is 0 Å². The molecule has 0 heterocycles. The number of carbonyl (C=O) groups is 1. The molecule has 0 aromatic heterocycles. The minimum absolute atomic E-state index is 0.0420. The number of nitrogens with one attached hydrogen (secondary N) is 2. The van der Waals surface area contributed by atoms with Gasteiger partial charge >= 0.3 is 0 Å². The van der Waals surface area contributed by atoms with Gasteiger partial charge in [0.25, 0.3) is 15.9 Å². The standard InChI is InChI=1S/C24H25ClN2O3S/c1-15-5-8-19(9-6-15)18(4)26-24(28)20-10-11-21(25)23(14-20)31(29,30)27-22-12-7-16(2)13-17(22)3/h5-14,18,27H,1-4H3,(H,26,28)/t18-/m1/s1. The maximum atomic E-state index is 13.0. The quantitative estimate of drug-likeness (QED) is 0.510. The van der Waals surface area contributed by atoms with Gasteiger partial charge in [0, 0.05) is 5.56 Å². The Morgan fingerprint density at radius 2 is 1.55 bits per heavy atom. The van der Waals surface area contributed by atoms with Gasteiger partial charge in [-0.3, -0.25) is 9.52 Å². The molecule has 0 bridgehead atoms. The third-order valence-electron chi connectivity index (χ3n) is 5.03. The molecule has 0 saturated carbocycles. The van der Waals surface area contributed by atoms with Crippen LogP contribution in [0.1, 0.15) is 45.6 Å². The van der Waals surface area contributed by atoms with Crippen LogP contribution in [0.4, 0.5) is 5.69 Å². The van der Waals surface area contributed by atoms with Crippen LogP contribution >= 0.6 is 11.6 Å². The third-order valence-corrected chi connectivity index (χ3v) is 6.88. The largest absolute Gasteiger partial charge is 0.346 e. The molecule has 7 heteroatoms. The first-order valence-corrected chi connectivity index (χ1v) is 11.7. The minimum Gasteiger partial charge on any atom is -0.346 e. The summed E-state index contributed by atoms with van der Waals surface area (Å²) in [6, 6.07) is 17.3. The number of carbonyl (C=O) groups excluding carboxylic acids is 1. The summed E-state index contributed by atoms with van der Waals surface area (Å²) in [5.41, 5.74) is 4.58. The molecule has 3 aromatic rings. The third kappa shape index (κ3) is 5.46. The van der Waals surface area contributed by atoms with E-state index in [1.807, 2.05) is 64.1 Å². The number of hydrogen-bond acceptors (Lipinski definition) is 3. The highest BCUT2D eigenvalue weighted by molar-refractivity contribution is 7.92. The molecular formula is C24H25ClN2O3S. The zero-order chi connectivity index (χ0) is 22.8. The van der Waals surface area contributed by atoms with Crippen LogP contribution in [0.25, 0.3) is 0 Å². The highest BCUT2D eigenvalue weighted by Gasteiger charge is 2.22. The predicted molar refractivity (Wildman–Crippen MR) is 125 cm³/mol. The fourth-order valence-electron chi connectivity index (χ4n) is 3.20. The van der Waals surface area contributed by atoms with Gasteiger partial charge < -0.3 is 5.32 Å². The second kappa shape index (κ2) is 9.12. The first kappa shape index (κ1) is 22.8. The summed E-state index contributed by atoms with van der Waals surface area (Å²) in [5.74, 6) is -0.382. The zero-order valence-corrected chi connectivity index (χ0v) is 19.4. The Kier molecular flexibility index (Phi) is 6.72. The summed E-state index contributed by atoms with van der Waals surface area (Å²) in [7, 11) is -3.98. The number of hydrogen-bond donors (Lipinski definition) is 2. The number of rotatable bonds is 6. The fraction of sp³-hybridized carbons (Fsp3) is 0.208. The van der Waals surface area contributed by atoms with Gasteiger partial charge in [0.15, 0.2) is 0 Å². The summed E-state index contributed by atoms with van der Waals surface area (Å²) in [4.78, 5) is 12.6. The topological polar surface area (TPSA) is 75.3 Å². The van der Waals surface area contributed by atoms with Crippen molar-refractivity contribution < 1.29 is 13.2 Å². The Morgan fingerprint density at radius 3 is 2.19 bits per heavy atom. The Hall–Kier alpha value is -2.83. The van der Waals surface area contributed by atoms with E-state index in [2.05, 4.69) is 10.0 Å². The monoisotopic (exact) mass is 456 g/mol. The summed E-state index contributed by atoms with van der Waals surface area (Å²) in [6.45, 7) is 7.62. The van der Waals surface area contributed by atoms with Crippen molar-refractivity contribution in [1.29, 1.82) is 0 Å². The van der Waals surface area contributed by atoms with E-state index < -0.39 is 10.0 Å². The minimum atomic E-state index is -3.98. The van der Waals surface area contributed by atoms with Crippen molar-refractivity contribution in [2.24, 2.45) is 0 Å². The van der Waals surface area contributed by atoms with Gasteiger partial charge in [-0.1, -0.05) is 59.1 Å². The van der Waals surface area contributed by atoms with Crippen molar-refractivity contribution >= 4 is 33.2 Å². The molecule has 0 fully saturated rings. The van der Waals surface area contributed by atoms with Gasteiger partial charge in [-0.25, -0.2) is 8.42 Å². The van der Waals surface area contributed by atoms with Crippen LogP contribution in [-0.4, -0.2) is 14.3 Å². The summed E-state index contributed by atoms with van der Waals surface area (Å²) in [6.07, 6.45) is 0. The van der Waals surface area contributed by atoms with Gasteiger partial charge in [-0.05, 0) is 63.1 Å². The normalized spacial score (nSPS) is 12.3. The van der Waals surface area contributed by atoms with E-state index in [4.69, 9.17) is 11.6 Å². The van der Waals surface area contributed by atoms with Crippen LogP contribution in [0, 0.1) is 20.8 Å². The second-order valence-corrected chi connectivity index (χ2v) is 9.73. The molecule has 1 amide bonds. The van der Waals surface area contributed by atoms with Crippen LogP contribution in [0.15, 0.2) is 65.6 Å². The number of benzene rings is 3. The average Bonchev–Trinajstić information content (AvgIpc) is 2.70. The molecule has 31 heavy (non-hydrogen) atoms. The highest BCUT2D eigenvalue weighted by Crippen LogP contribution is 2.27. The van der Waals surface area contributed by atoms with E-state index >= 15 is 0 Å². The molecule has 2 N–H and O–H groups in total. The Bertz CT molecular complexity index is 1220. The molecule has 3 rings (SSSR count). The van der Waals surface area contributed by atoms with Gasteiger partial charge in [-0.15, -0.1) is 0 Å². The van der Waals surface area contributed by atoms with Crippen LogP contribution in [-0.2, 0) is 10.0 Å². The van der Waals surface area contributed by atoms with Crippen molar-refractivity contribution in [1.82, 2.24) is 5.32 Å². The Morgan fingerprint density at radius 1 is 0.903 bits per heavy atom. The SMILES string of the molecule is Cc1ccc([C@@H](C)NC(=O)c2ccc(Cl)c(S(=O)(=O)Nc3ccc(C)cc3C)c2)cc1. The van der Waals surface area contributed by atoms with Gasteiger partial charge in [0.05, 0.1) is 16.8 Å². The molecule has 0 spiro atoms. The number of sulfonamides is 1. The molecule has 0 radical (unpaired) electrons. The number of halogens is 1. The van der Waals surface area contributed by atoms with Gasteiger partial charge in [0.1, 0.15) is 4.90 Å². The van der Waals surface area contributed by atoms with Crippen molar-refractivity contribution in [3.8, 4) is 0 Å². The average molecular weight is 457 g/mol. The molecule has 0 aliphatic heterocycles. The van der Waals surface area contributed by atoms with Crippen LogP contribution < -0.4 is 10.0 Å². The molecule has 0 aliphatic carbocycles. The fourth-order valence-corrected chi connectivity index (χ4v) is 4.85. The van der Waals surface area contributed by atoms with Crippen LogP contribution in [0.3, 0.4) is 0 Å². The zero-order valence-electron chi connectivity index (χ0n) is 17.9. The summed E-state index contributed by atoms with van der Waals surface area (Å²) in [5, 5.41) is 2.94. The van der Waals surface area contributed by atoms with Crippen LogP contribution in [0.2, 0.25) is 5.02 Å². The molecule has 3 aromatic carbocycles. The maximum absolute atomic E-state index is 13.0. The molecule has 0 saturated heterocycles. The van der Waals surface area contributed by atoms with E-state index in [1.54, 1.807) is 6.07 Å². The van der Waals surface area contributed by atoms with Crippen molar-refractivity contribution in [2.45, 2.75) is 38.6 Å². The Balaban J connectivity index is 1.84. The van der Waals surface area contributed by atoms with E-state index in [-0.39, 0.29) is 27.4 Å². The van der Waals surface area contributed by atoms with E-state index in [9.17, 15) is 13.2 Å². The summed E-state index contributed by atoms with van der Waals surface area (Å²) >= 11 is 6.18. The molecular weight excluding hydrogens is 432 g/mol. The number of amides is 1. The van der Waals surface area contributed by atoms with Gasteiger partial charge in [-0.2, -0.15) is 0 Å². The molecule has 162 valence electrons. The smallest absolute Gasteiger partial charge is 0.263 e. The van der Waals surface area contributed by atoms with Crippen molar-refractivity contribution in [2.75, 3.05) is 4.72 Å². The highest BCUT2D eigenvalue weighted by atomic mass is 35.5. The summed E-state index contributed by atoms with van der Waals surface area (Å²) < 4.78 is 28.5. The molecule has 0 unspecified atom stereocenters. The predicted octanol–water partition coefficient (Wildman–Crippen LogP) is 5.56. The van der Waals surface area contributed by atoms with Crippen LogP contribution in [0.5, 0.6) is 0 Å². The lowest BCUT2D eigenvalue weighted by Crippen LogP contribution is -2.27. The van der Waals surface area contributed by atoms with Crippen molar-refractivity contribution in [3.63, 3.8) is 0 Å².